The molecule has 0 atom stereocenters. The van der Waals surface area contributed by atoms with Crippen LogP contribution in [0.15, 0.2) is 69.2 Å². The van der Waals surface area contributed by atoms with E-state index in [4.69, 9.17) is 13.9 Å². The van der Waals surface area contributed by atoms with Gasteiger partial charge in [-0.2, -0.15) is 0 Å². The molecule has 0 N–H and O–H groups in total. The van der Waals surface area contributed by atoms with Gasteiger partial charge in [0.2, 0.25) is 5.78 Å². The smallest absolute Gasteiger partial charge is 0.344 e. The predicted octanol–water partition coefficient (Wildman–Crippen LogP) is 5.19. The highest BCUT2D eigenvalue weighted by atomic mass is 79.9. The fourth-order valence-electron chi connectivity index (χ4n) is 2.68. The zero-order chi connectivity index (χ0) is 19.0. The number of halogens is 1. The van der Waals surface area contributed by atoms with Gasteiger partial charge in [-0.05, 0) is 59.3 Å². The maximum Gasteiger partial charge on any atom is 0.344 e. The molecule has 5 nitrogen and oxygen atoms in total. The van der Waals surface area contributed by atoms with Crippen molar-refractivity contribution in [1.82, 2.24) is 0 Å². The first-order valence-corrected chi connectivity index (χ1v) is 8.92. The van der Waals surface area contributed by atoms with Gasteiger partial charge >= 0.3 is 5.97 Å². The van der Waals surface area contributed by atoms with Crippen molar-refractivity contribution in [2.45, 2.75) is 6.92 Å². The zero-order valence-electron chi connectivity index (χ0n) is 14.2. The third kappa shape index (κ3) is 3.44. The summed E-state index contributed by atoms with van der Waals surface area (Å²) in [6.07, 6.45) is 1.54. The Bertz CT molecular complexity index is 1090. The highest BCUT2D eigenvalue weighted by Gasteiger charge is 2.28. The molecule has 134 valence electrons. The molecule has 0 aliphatic carbocycles. The number of esters is 1. The summed E-state index contributed by atoms with van der Waals surface area (Å²) < 4.78 is 17.1. The van der Waals surface area contributed by atoms with Gasteiger partial charge in [-0.15, -0.1) is 0 Å². The summed E-state index contributed by atoms with van der Waals surface area (Å²) in [5.41, 5.74) is 0.814. The van der Waals surface area contributed by atoms with Crippen molar-refractivity contribution in [2.75, 3.05) is 0 Å². The molecule has 27 heavy (non-hydrogen) atoms. The first-order chi connectivity index (χ1) is 13.0. The van der Waals surface area contributed by atoms with E-state index < -0.39 is 5.97 Å². The fourth-order valence-corrected chi connectivity index (χ4v) is 3.13. The molecule has 1 aliphatic heterocycles. The quantitative estimate of drug-likeness (QED) is 0.329. The Kier molecular flexibility index (Phi) is 4.41. The lowest BCUT2D eigenvalue weighted by molar-refractivity contribution is 0.0733. The predicted molar refractivity (Wildman–Crippen MR) is 102 cm³/mol. The second kappa shape index (κ2) is 6.89. The lowest BCUT2D eigenvalue weighted by Gasteiger charge is -2.06. The molecule has 0 fully saturated rings. The van der Waals surface area contributed by atoms with Gasteiger partial charge in [-0.1, -0.05) is 12.1 Å². The number of hydrogen-bond donors (Lipinski definition) is 0. The number of fused-ring (bicyclic) bond motifs is 1. The number of carbonyl (C=O) groups excluding carboxylic acids is 2. The fraction of sp³-hybridized carbons (Fsp3) is 0.0476. The van der Waals surface area contributed by atoms with Gasteiger partial charge in [-0.25, -0.2) is 4.79 Å². The number of allylic oxidation sites excluding steroid dienone is 1. The molecule has 0 bridgehead atoms. The molecular weight excluding hydrogens is 412 g/mol. The highest BCUT2D eigenvalue weighted by molar-refractivity contribution is 9.10. The maximum absolute atomic E-state index is 12.5. The number of benzene rings is 2. The van der Waals surface area contributed by atoms with E-state index in [9.17, 15) is 9.59 Å². The van der Waals surface area contributed by atoms with E-state index in [2.05, 4.69) is 15.9 Å². The Morgan fingerprint density at radius 1 is 1.11 bits per heavy atom. The summed E-state index contributed by atoms with van der Waals surface area (Å²) in [7, 11) is 0. The van der Waals surface area contributed by atoms with Crippen LogP contribution in [-0.2, 0) is 0 Å². The maximum atomic E-state index is 12.5. The first-order valence-electron chi connectivity index (χ1n) is 8.13. The van der Waals surface area contributed by atoms with E-state index in [0.717, 1.165) is 5.76 Å². The molecule has 1 aliphatic rings. The van der Waals surface area contributed by atoms with Crippen LogP contribution in [0.2, 0.25) is 0 Å². The third-order valence-electron chi connectivity index (χ3n) is 3.98. The number of carbonyl (C=O) groups is 2. The zero-order valence-corrected chi connectivity index (χ0v) is 15.8. The van der Waals surface area contributed by atoms with Crippen molar-refractivity contribution >= 4 is 33.8 Å². The number of rotatable bonds is 3. The van der Waals surface area contributed by atoms with Crippen molar-refractivity contribution in [1.29, 1.82) is 0 Å². The monoisotopic (exact) mass is 424 g/mol. The average molecular weight is 425 g/mol. The molecule has 1 aromatic heterocycles. The van der Waals surface area contributed by atoms with E-state index in [0.29, 0.717) is 27.1 Å². The molecule has 0 unspecified atom stereocenters. The summed E-state index contributed by atoms with van der Waals surface area (Å²) in [6.45, 7) is 1.82. The largest absolute Gasteiger partial charge is 0.462 e. The Morgan fingerprint density at radius 2 is 1.93 bits per heavy atom. The Labute approximate surface area is 163 Å². The van der Waals surface area contributed by atoms with Crippen molar-refractivity contribution in [3.63, 3.8) is 0 Å². The minimum atomic E-state index is -0.506. The van der Waals surface area contributed by atoms with E-state index in [1.165, 1.54) is 6.07 Å². The van der Waals surface area contributed by atoms with Gasteiger partial charge in [0.05, 0.1) is 11.1 Å². The molecule has 0 amide bonds. The molecule has 0 saturated heterocycles. The molecule has 0 radical (unpaired) electrons. The lowest BCUT2D eigenvalue weighted by atomic mass is 10.1. The van der Waals surface area contributed by atoms with Crippen LogP contribution >= 0.6 is 15.9 Å². The SMILES string of the molecule is Cc1ccc(C=C2Oc3cc(OC(=O)c4ccccc4Br)ccc3C2=O)o1. The molecule has 0 spiro atoms. The molecule has 2 aromatic carbocycles. The van der Waals surface area contributed by atoms with Crippen LogP contribution in [0.3, 0.4) is 0 Å². The summed E-state index contributed by atoms with van der Waals surface area (Å²) in [6, 6.07) is 15.2. The van der Waals surface area contributed by atoms with Crippen LogP contribution in [0.25, 0.3) is 6.08 Å². The standard InChI is InChI=1S/C21H13BrO5/c1-12-6-7-13(25-12)11-19-20(23)16-9-8-14(10-18(16)27-19)26-21(24)15-4-2-3-5-17(15)22/h2-11H,1H3. The normalized spacial score (nSPS) is 14.1. The molecule has 6 heteroatoms. The van der Waals surface area contributed by atoms with Crippen molar-refractivity contribution in [2.24, 2.45) is 0 Å². The van der Waals surface area contributed by atoms with Gasteiger partial charge < -0.3 is 13.9 Å². The topological polar surface area (TPSA) is 65.7 Å². The van der Waals surface area contributed by atoms with Gasteiger partial charge in [-0.3, -0.25) is 4.79 Å². The van der Waals surface area contributed by atoms with Gasteiger partial charge in [0.1, 0.15) is 23.0 Å². The number of ketones is 1. The summed E-state index contributed by atoms with van der Waals surface area (Å²) in [5.74, 6) is 1.31. The number of hydrogen-bond acceptors (Lipinski definition) is 5. The number of Topliss-reactive ketones (excluding diaryl/α,β-unsaturated/α-hetero) is 1. The van der Waals surface area contributed by atoms with Gasteiger partial charge in [0.15, 0.2) is 5.76 Å². The van der Waals surface area contributed by atoms with Crippen molar-refractivity contribution in [3.8, 4) is 11.5 Å². The van der Waals surface area contributed by atoms with Crippen LogP contribution in [0, 0.1) is 6.92 Å². The molecule has 3 aromatic rings. The van der Waals surface area contributed by atoms with E-state index >= 15 is 0 Å². The van der Waals surface area contributed by atoms with E-state index in [1.54, 1.807) is 48.5 Å². The van der Waals surface area contributed by atoms with Crippen LogP contribution in [-0.4, -0.2) is 11.8 Å². The minimum Gasteiger partial charge on any atom is -0.462 e. The lowest BCUT2D eigenvalue weighted by Crippen LogP contribution is -2.09. The van der Waals surface area contributed by atoms with Crippen molar-refractivity contribution in [3.05, 3.63) is 87.5 Å². The van der Waals surface area contributed by atoms with Crippen molar-refractivity contribution < 1.29 is 23.5 Å². The Hall–Kier alpha value is -3.12. The van der Waals surface area contributed by atoms with Crippen LogP contribution in [0.4, 0.5) is 0 Å². The van der Waals surface area contributed by atoms with Crippen LogP contribution < -0.4 is 9.47 Å². The number of furan rings is 1. The minimum absolute atomic E-state index is 0.161. The molecule has 0 saturated carbocycles. The summed E-state index contributed by atoms with van der Waals surface area (Å²) in [4.78, 5) is 24.8. The van der Waals surface area contributed by atoms with Crippen LogP contribution in [0.1, 0.15) is 32.2 Å². The molecule has 4 rings (SSSR count). The third-order valence-corrected chi connectivity index (χ3v) is 4.67. The summed E-state index contributed by atoms with van der Waals surface area (Å²) in [5, 5.41) is 0. The van der Waals surface area contributed by atoms with E-state index in [-0.39, 0.29) is 17.3 Å². The van der Waals surface area contributed by atoms with Gasteiger partial charge in [0.25, 0.3) is 0 Å². The average Bonchev–Trinajstić information content (AvgIpc) is 3.19. The molecule has 2 heterocycles. The summed E-state index contributed by atoms with van der Waals surface area (Å²) >= 11 is 3.32. The second-order valence-corrected chi connectivity index (χ2v) is 6.77. The second-order valence-electron chi connectivity index (χ2n) is 5.92. The number of ether oxygens (including phenoxy) is 2. The van der Waals surface area contributed by atoms with E-state index in [1.807, 2.05) is 13.0 Å². The molecular formula is C21H13BrO5. The van der Waals surface area contributed by atoms with Crippen LogP contribution in [0.5, 0.6) is 11.5 Å². The number of aryl methyl sites for hydroxylation is 1. The highest BCUT2D eigenvalue weighted by Crippen LogP contribution is 2.35. The first kappa shape index (κ1) is 17.3. The Balaban J connectivity index is 1.57. The Morgan fingerprint density at radius 3 is 2.67 bits per heavy atom. The van der Waals surface area contributed by atoms with Gasteiger partial charge in [0, 0.05) is 16.6 Å².